The first kappa shape index (κ1) is 23.3. The maximum atomic E-state index is 13.3. The Kier molecular flexibility index (Phi) is 5.95. The van der Waals surface area contributed by atoms with Crippen molar-refractivity contribution in [2.24, 2.45) is 0 Å². The molecule has 0 saturated carbocycles. The summed E-state index contributed by atoms with van der Waals surface area (Å²) in [6, 6.07) is 12.2. The molecule has 12 heteroatoms. The van der Waals surface area contributed by atoms with E-state index in [9.17, 15) is 22.8 Å². The lowest BCUT2D eigenvalue weighted by Crippen LogP contribution is -2.48. The largest absolute Gasteiger partial charge is 0.493 e. The van der Waals surface area contributed by atoms with Crippen molar-refractivity contribution in [3.05, 3.63) is 54.1 Å². The predicted molar refractivity (Wildman–Crippen MR) is 123 cm³/mol. The van der Waals surface area contributed by atoms with Crippen molar-refractivity contribution in [3.63, 3.8) is 0 Å². The number of carbonyl (C=O) groups is 3. The number of rotatable bonds is 5. The van der Waals surface area contributed by atoms with Gasteiger partial charge in [0, 0.05) is 30.8 Å². The van der Waals surface area contributed by atoms with E-state index in [4.69, 9.17) is 9.47 Å². The van der Waals surface area contributed by atoms with E-state index in [0.29, 0.717) is 24.5 Å². The average Bonchev–Trinajstić information content (AvgIpc) is 3.09. The van der Waals surface area contributed by atoms with Crippen LogP contribution in [0.3, 0.4) is 0 Å². The van der Waals surface area contributed by atoms with Crippen LogP contribution in [0.1, 0.15) is 12.0 Å². The van der Waals surface area contributed by atoms with Gasteiger partial charge in [-0.15, -0.1) is 0 Å². The van der Waals surface area contributed by atoms with Crippen molar-refractivity contribution < 1.29 is 32.3 Å². The number of nitrogens with one attached hydrogen (secondary N) is 2. The minimum atomic E-state index is -3.75. The molecule has 3 heterocycles. The van der Waals surface area contributed by atoms with Gasteiger partial charge >= 0.3 is 6.03 Å². The van der Waals surface area contributed by atoms with Crippen LogP contribution in [-0.2, 0) is 29.9 Å². The third-order valence-electron chi connectivity index (χ3n) is 6.28. The van der Waals surface area contributed by atoms with Crippen LogP contribution in [-0.4, -0.2) is 74.9 Å². The second-order valence-electron chi connectivity index (χ2n) is 8.41. The molecular weight excluding hydrogens is 476 g/mol. The lowest BCUT2D eigenvalue weighted by molar-refractivity contribution is -0.135. The van der Waals surface area contributed by atoms with Gasteiger partial charge in [-0.2, -0.15) is 4.31 Å². The van der Waals surface area contributed by atoms with Gasteiger partial charge in [-0.05, 0) is 24.3 Å². The highest BCUT2D eigenvalue weighted by Gasteiger charge is 2.55. The number of hydrogen-bond donors (Lipinski definition) is 2. The Morgan fingerprint density at radius 2 is 1.83 bits per heavy atom. The second kappa shape index (κ2) is 8.95. The highest BCUT2D eigenvalue weighted by atomic mass is 32.2. The SMILES string of the molecule is O=C(CN1C(=O)N[C@@]2(CCOc3ccccc32)C1=O)Nc1cccc(S(=O)(=O)N2CCOCC2)c1. The number of imide groups is 1. The molecule has 0 bridgehead atoms. The summed E-state index contributed by atoms with van der Waals surface area (Å²) in [5, 5.41) is 5.33. The Morgan fingerprint density at radius 3 is 2.63 bits per heavy atom. The number of urea groups is 1. The number of carbonyl (C=O) groups excluding carboxylic acids is 3. The molecule has 0 aromatic heterocycles. The van der Waals surface area contributed by atoms with Crippen molar-refractivity contribution in [1.29, 1.82) is 0 Å². The van der Waals surface area contributed by atoms with E-state index in [2.05, 4.69) is 10.6 Å². The predicted octanol–water partition coefficient (Wildman–Crippen LogP) is 0.876. The van der Waals surface area contributed by atoms with Crippen LogP contribution in [0.5, 0.6) is 5.75 Å². The fourth-order valence-electron chi connectivity index (χ4n) is 4.53. The van der Waals surface area contributed by atoms with E-state index < -0.39 is 40.0 Å². The first-order valence-electron chi connectivity index (χ1n) is 11.2. The molecule has 2 fully saturated rings. The molecule has 0 unspecified atom stereocenters. The number of para-hydroxylation sites is 1. The highest BCUT2D eigenvalue weighted by molar-refractivity contribution is 7.89. The number of nitrogens with zero attached hydrogens (tertiary/aromatic N) is 2. The molecule has 1 spiro atoms. The first-order chi connectivity index (χ1) is 16.8. The van der Waals surface area contributed by atoms with E-state index in [0.717, 1.165) is 4.90 Å². The number of ether oxygens (including phenoxy) is 2. The number of morpholine rings is 1. The van der Waals surface area contributed by atoms with Gasteiger partial charge in [0.15, 0.2) is 5.54 Å². The van der Waals surface area contributed by atoms with Gasteiger partial charge in [-0.1, -0.05) is 24.3 Å². The minimum Gasteiger partial charge on any atom is -0.493 e. The van der Waals surface area contributed by atoms with E-state index >= 15 is 0 Å². The summed E-state index contributed by atoms with van der Waals surface area (Å²) in [7, 11) is -3.75. The molecule has 5 rings (SSSR count). The molecule has 0 radical (unpaired) electrons. The molecule has 2 aromatic rings. The van der Waals surface area contributed by atoms with Crippen molar-refractivity contribution in [3.8, 4) is 5.75 Å². The molecule has 3 aliphatic rings. The molecule has 184 valence electrons. The van der Waals surface area contributed by atoms with Crippen LogP contribution in [0.25, 0.3) is 0 Å². The lowest BCUT2D eigenvalue weighted by atomic mass is 9.84. The maximum absolute atomic E-state index is 13.3. The molecule has 35 heavy (non-hydrogen) atoms. The average molecular weight is 501 g/mol. The van der Waals surface area contributed by atoms with Gasteiger partial charge < -0.3 is 20.1 Å². The van der Waals surface area contributed by atoms with Crippen molar-refractivity contribution in [2.45, 2.75) is 16.9 Å². The van der Waals surface area contributed by atoms with Crippen LogP contribution >= 0.6 is 0 Å². The lowest BCUT2D eigenvalue weighted by Gasteiger charge is -2.33. The van der Waals surface area contributed by atoms with Gasteiger partial charge in [-0.25, -0.2) is 13.2 Å². The number of amides is 4. The number of fused-ring (bicyclic) bond motifs is 2. The van der Waals surface area contributed by atoms with Gasteiger partial charge in [-0.3, -0.25) is 14.5 Å². The molecule has 11 nitrogen and oxygen atoms in total. The van der Waals surface area contributed by atoms with Crippen LogP contribution in [0.2, 0.25) is 0 Å². The number of hydrogen-bond acceptors (Lipinski definition) is 7. The minimum absolute atomic E-state index is 0.0324. The highest BCUT2D eigenvalue weighted by Crippen LogP contribution is 2.40. The third-order valence-corrected chi connectivity index (χ3v) is 8.18. The Morgan fingerprint density at radius 1 is 1.06 bits per heavy atom. The normalized spacial score (nSPS) is 22.5. The van der Waals surface area contributed by atoms with Gasteiger partial charge in [0.25, 0.3) is 5.91 Å². The summed E-state index contributed by atoms with van der Waals surface area (Å²) in [6.07, 6.45) is 0.244. The summed E-state index contributed by atoms with van der Waals surface area (Å²) >= 11 is 0. The molecule has 3 aliphatic heterocycles. The Labute approximate surface area is 202 Å². The van der Waals surface area contributed by atoms with Crippen molar-refractivity contribution in [2.75, 3.05) is 44.8 Å². The van der Waals surface area contributed by atoms with Crippen LogP contribution in [0, 0.1) is 0 Å². The summed E-state index contributed by atoms with van der Waals surface area (Å²) in [6.45, 7) is 0.866. The number of anilines is 1. The van der Waals surface area contributed by atoms with Crippen LogP contribution in [0.15, 0.2) is 53.4 Å². The van der Waals surface area contributed by atoms with E-state index in [1.165, 1.54) is 22.5 Å². The van der Waals surface area contributed by atoms with Crippen LogP contribution < -0.4 is 15.4 Å². The third kappa shape index (κ3) is 4.13. The summed E-state index contributed by atoms with van der Waals surface area (Å²) < 4.78 is 38.0. The summed E-state index contributed by atoms with van der Waals surface area (Å²) in [5.41, 5.74) is -0.491. The van der Waals surface area contributed by atoms with Crippen molar-refractivity contribution in [1.82, 2.24) is 14.5 Å². The van der Waals surface area contributed by atoms with E-state index in [-0.39, 0.29) is 36.7 Å². The zero-order valence-corrected chi connectivity index (χ0v) is 19.5. The number of sulfonamides is 1. The molecule has 4 amide bonds. The van der Waals surface area contributed by atoms with Crippen LogP contribution in [0.4, 0.5) is 10.5 Å². The summed E-state index contributed by atoms with van der Waals surface area (Å²) in [4.78, 5) is 39.7. The van der Waals surface area contributed by atoms with E-state index in [1.54, 1.807) is 30.3 Å². The fourth-order valence-corrected chi connectivity index (χ4v) is 5.98. The molecule has 2 saturated heterocycles. The Hall–Kier alpha value is -3.48. The molecule has 2 aromatic carbocycles. The number of benzene rings is 2. The van der Waals surface area contributed by atoms with Gasteiger partial charge in [0.1, 0.15) is 12.3 Å². The topological polar surface area (TPSA) is 134 Å². The zero-order chi connectivity index (χ0) is 24.6. The standard InChI is InChI=1S/C23H24N4O7S/c28-20(24-16-4-3-5-17(14-16)35(31,32)26-9-12-33-13-10-26)15-27-21(29)23(25-22(27)30)8-11-34-19-7-2-1-6-18(19)23/h1-7,14H,8-13,15H2,(H,24,28)(H,25,30)/t23-/m1/s1. The summed E-state index contributed by atoms with van der Waals surface area (Å²) in [5.74, 6) is -0.652. The Bertz CT molecular complexity index is 1290. The van der Waals surface area contributed by atoms with Gasteiger partial charge in [0.2, 0.25) is 15.9 Å². The zero-order valence-electron chi connectivity index (χ0n) is 18.7. The second-order valence-corrected chi connectivity index (χ2v) is 10.4. The monoisotopic (exact) mass is 500 g/mol. The maximum Gasteiger partial charge on any atom is 0.325 e. The quantitative estimate of drug-likeness (QED) is 0.582. The molecule has 2 N–H and O–H groups in total. The first-order valence-corrected chi connectivity index (χ1v) is 12.6. The molecule has 1 atom stereocenters. The smallest absolute Gasteiger partial charge is 0.325 e. The molecular formula is C23H24N4O7S. The van der Waals surface area contributed by atoms with Crippen molar-refractivity contribution >= 4 is 33.6 Å². The van der Waals surface area contributed by atoms with E-state index in [1.807, 2.05) is 0 Å². The fraction of sp³-hybridized carbons (Fsp3) is 0.348. The Balaban J connectivity index is 1.30. The molecule has 0 aliphatic carbocycles. The van der Waals surface area contributed by atoms with Gasteiger partial charge in [0.05, 0.1) is 24.7 Å².